The molecule has 0 unspecified atom stereocenters. The fourth-order valence-corrected chi connectivity index (χ4v) is 3.92. The molecule has 0 radical (unpaired) electrons. The van der Waals surface area contributed by atoms with Gasteiger partial charge in [0.25, 0.3) is 0 Å². The van der Waals surface area contributed by atoms with Crippen molar-refractivity contribution in [1.82, 2.24) is 14.3 Å². The minimum Gasteiger partial charge on any atom is -0.465 e. The first kappa shape index (κ1) is 22.6. The number of morpholine rings is 1. The molecule has 0 spiro atoms. The van der Waals surface area contributed by atoms with Crippen molar-refractivity contribution in [3.8, 4) is 11.3 Å². The standard InChI is InChI=1S/C22H21F3N4O4/c1-12(30)26-14-7-16(24)20(17(25)8-14)21-18(9-15-11-28(22(31)32)4-5-33-15)29-3-2-13(10-23)6-19(29)27-21/h2-3,6-8,15H,4-5,9-11H2,1H3,(H,26,30)(H,31,32)/t15-/m0/s1. The number of alkyl halides is 1. The molecule has 1 aliphatic rings. The first-order valence-electron chi connectivity index (χ1n) is 10.2. The van der Waals surface area contributed by atoms with Crippen molar-refractivity contribution in [3.05, 3.63) is 53.4 Å². The van der Waals surface area contributed by atoms with E-state index in [4.69, 9.17) is 4.74 Å². The van der Waals surface area contributed by atoms with E-state index < -0.39 is 42.0 Å². The Kier molecular flexibility index (Phi) is 6.23. The van der Waals surface area contributed by atoms with Gasteiger partial charge in [0, 0.05) is 31.8 Å². The van der Waals surface area contributed by atoms with Crippen LogP contribution in [0.3, 0.4) is 0 Å². The summed E-state index contributed by atoms with van der Waals surface area (Å²) in [5, 5.41) is 11.6. The van der Waals surface area contributed by atoms with Crippen molar-refractivity contribution in [2.24, 2.45) is 0 Å². The molecule has 4 rings (SSSR count). The number of imidazole rings is 1. The molecule has 2 N–H and O–H groups in total. The van der Waals surface area contributed by atoms with E-state index in [1.807, 2.05) is 0 Å². The number of aromatic nitrogens is 2. The van der Waals surface area contributed by atoms with Gasteiger partial charge < -0.3 is 24.5 Å². The fraction of sp³-hybridized carbons (Fsp3) is 0.318. The van der Waals surface area contributed by atoms with Crippen molar-refractivity contribution in [2.45, 2.75) is 26.1 Å². The third-order valence-electron chi connectivity index (χ3n) is 5.37. The molecule has 11 heteroatoms. The normalized spacial score (nSPS) is 16.2. The molecule has 0 bridgehead atoms. The van der Waals surface area contributed by atoms with Crippen molar-refractivity contribution in [3.63, 3.8) is 0 Å². The third kappa shape index (κ3) is 4.63. The van der Waals surface area contributed by atoms with Gasteiger partial charge in [0.05, 0.1) is 36.2 Å². The summed E-state index contributed by atoms with van der Waals surface area (Å²) in [6.45, 7) is 0.970. The quantitative estimate of drug-likeness (QED) is 0.604. The number of pyridine rings is 1. The summed E-state index contributed by atoms with van der Waals surface area (Å²) < 4.78 is 50.5. The zero-order valence-electron chi connectivity index (χ0n) is 17.6. The second-order valence-corrected chi connectivity index (χ2v) is 7.73. The summed E-state index contributed by atoms with van der Waals surface area (Å²) in [6.07, 6.45) is 0.00995. The van der Waals surface area contributed by atoms with Gasteiger partial charge in [-0.25, -0.2) is 22.9 Å². The number of fused-ring (bicyclic) bond motifs is 1. The zero-order valence-corrected chi connectivity index (χ0v) is 17.6. The number of nitrogens with zero attached hydrogens (tertiary/aromatic N) is 3. The topological polar surface area (TPSA) is 96.2 Å². The molecule has 3 aromatic rings. The van der Waals surface area contributed by atoms with Crippen LogP contribution in [-0.4, -0.2) is 57.2 Å². The van der Waals surface area contributed by atoms with Gasteiger partial charge in [-0.05, 0) is 29.8 Å². The van der Waals surface area contributed by atoms with Crippen LogP contribution in [0, 0.1) is 11.6 Å². The number of hydrogen-bond acceptors (Lipinski definition) is 4. The van der Waals surface area contributed by atoms with Crippen LogP contribution in [-0.2, 0) is 22.6 Å². The number of benzene rings is 1. The lowest BCUT2D eigenvalue weighted by Crippen LogP contribution is -2.45. The van der Waals surface area contributed by atoms with Gasteiger partial charge >= 0.3 is 6.09 Å². The molecule has 1 atom stereocenters. The molecule has 3 heterocycles. The van der Waals surface area contributed by atoms with Gasteiger partial charge in [-0.2, -0.15) is 0 Å². The molecule has 0 aliphatic carbocycles. The molecule has 8 nitrogen and oxygen atoms in total. The third-order valence-corrected chi connectivity index (χ3v) is 5.37. The lowest BCUT2D eigenvalue weighted by Gasteiger charge is -2.31. The first-order valence-corrected chi connectivity index (χ1v) is 10.2. The molecule has 1 saturated heterocycles. The van der Waals surface area contributed by atoms with Crippen molar-refractivity contribution in [1.29, 1.82) is 0 Å². The average Bonchev–Trinajstić information content (AvgIpc) is 3.10. The summed E-state index contributed by atoms with van der Waals surface area (Å²) in [5.74, 6) is -2.36. The molecule has 2 amide bonds. The van der Waals surface area contributed by atoms with Gasteiger partial charge in [-0.3, -0.25) is 4.79 Å². The van der Waals surface area contributed by atoms with Gasteiger partial charge in [0.15, 0.2) is 0 Å². The number of nitrogens with one attached hydrogen (secondary N) is 1. The van der Waals surface area contributed by atoms with E-state index in [0.717, 1.165) is 12.1 Å². The Morgan fingerprint density at radius 2 is 2.00 bits per heavy atom. The van der Waals surface area contributed by atoms with E-state index in [2.05, 4.69) is 10.3 Å². The van der Waals surface area contributed by atoms with Crippen LogP contribution in [0.15, 0.2) is 30.5 Å². The summed E-state index contributed by atoms with van der Waals surface area (Å²) in [4.78, 5) is 28.2. The first-order chi connectivity index (χ1) is 15.8. The maximum Gasteiger partial charge on any atom is 0.407 e. The highest BCUT2D eigenvalue weighted by molar-refractivity contribution is 5.89. The Bertz CT molecular complexity index is 1210. The van der Waals surface area contributed by atoms with Gasteiger partial charge in [0.2, 0.25) is 5.91 Å². The Labute approximate surface area is 186 Å². The zero-order chi connectivity index (χ0) is 23.7. The second kappa shape index (κ2) is 9.10. The Morgan fingerprint density at radius 3 is 2.64 bits per heavy atom. The van der Waals surface area contributed by atoms with Crippen LogP contribution >= 0.6 is 0 Å². The van der Waals surface area contributed by atoms with Gasteiger partial charge in [-0.1, -0.05) is 0 Å². The van der Waals surface area contributed by atoms with Gasteiger partial charge in [-0.15, -0.1) is 0 Å². The second-order valence-electron chi connectivity index (χ2n) is 7.73. The highest BCUT2D eigenvalue weighted by Crippen LogP contribution is 2.33. The Morgan fingerprint density at radius 1 is 1.27 bits per heavy atom. The van der Waals surface area contributed by atoms with Crippen molar-refractivity contribution in [2.75, 3.05) is 25.0 Å². The summed E-state index contributed by atoms with van der Waals surface area (Å²) in [5.41, 5.74) is 0.558. The highest BCUT2D eigenvalue weighted by Gasteiger charge is 2.28. The molecule has 1 aliphatic heterocycles. The summed E-state index contributed by atoms with van der Waals surface area (Å²) >= 11 is 0. The summed E-state index contributed by atoms with van der Waals surface area (Å²) in [7, 11) is 0. The smallest absolute Gasteiger partial charge is 0.407 e. The molecule has 1 aromatic carbocycles. The number of ether oxygens (including phenoxy) is 1. The van der Waals surface area contributed by atoms with Gasteiger partial charge in [0.1, 0.15) is 24.0 Å². The SMILES string of the molecule is CC(=O)Nc1cc(F)c(-c2nc3cc(CF)ccn3c2C[C@H]2CN(C(=O)O)CCO2)c(F)c1. The van der Waals surface area contributed by atoms with Crippen LogP contribution < -0.4 is 5.32 Å². The van der Waals surface area contributed by atoms with E-state index in [-0.39, 0.29) is 43.1 Å². The van der Waals surface area contributed by atoms with Crippen LogP contribution in [0.25, 0.3) is 16.9 Å². The van der Waals surface area contributed by atoms with E-state index in [0.29, 0.717) is 11.3 Å². The number of carbonyl (C=O) groups excluding carboxylic acids is 1. The minimum absolute atomic E-state index is 0.00793. The number of hydrogen-bond donors (Lipinski definition) is 2. The predicted molar refractivity (Wildman–Crippen MR) is 113 cm³/mol. The van der Waals surface area contributed by atoms with Crippen molar-refractivity contribution < 1.29 is 32.6 Å². The number of rotatable bonds is 5. The number of carboxylic acid groups (broad SMARTS) is 1. The minimum atomic E-state index is -1.08. The summed E-state index contributed by atoms with van der Waals surface area (Å²) in [6, 6.07) is 4.98. The van der Waals surface area contributed by atoms with Crippen LogP contribution in [0.1, 0.15) is 18.2 Å². The van der Waals surface area contributed by atoms with E-state index in [1.165, 1.54) is 24.0 Å². The lowest BCUT2D eigenvalue weighted by atomic mass is 10.0. The van der Waals surface area contributed by atoms with E-state index in [1.54, 1.807) is 10.6 Å². The maximum atomic E-state index is 15.0. The van der Waals surface area contributed by atoms with Crippen LogP contribution in [0.5, 0.6) is 0 Å². The number of amides is 2. The monoisotopic (exact) mass is 462 g/mol. The molecule has 174 valence electrons. The van der Waals surface area contributed by atoms with Crippen LogP contribution in [0.4, 0.5) is 23.7 Å². The number of halogens is 3. The lowest BCUT2D eigenvalue weighted by molar-refractivity contribution is -0.114. The van der Waals surface area contributed by atoms with Crippen LogP contribution in [0.2, 0.25) is 0 Å². The molecule has 33 heavy (non-hydrogen) atoms. The number of carbonyl (C=O) groups is 2. The van der Waals surface area contributed by atoms with E-state index >= 15 is 8.78 Å². The molecule has 2 aromatic heterocycles. The van der Waals surface area contributed by atoms with Crippen molar-refractivity contribution >= 4 is 23.3 Å². The Hall–Kier alpha value is -3.60. The predicted octanol–water partition coefficient (Wildman–Crippen LogP) is 3.63. The fourth-order valence-electron chi connectivity index (χ4n) is 3.92. The molecule has 1 fully saturated rings. The molecular formula is C22H21F3N4O4. The molecule has 0 saturated carbocycles. The average molecular weight is 462 g/mol. The maximum absolute atomic E-state index is 15.0. The largest absolute Gasteiger partial charge is 0.465 e. The number of anilines is 1. The highest BCUT2D eigenvalue weighted by atomic mass is 19.1. The Balaban J connectivity index is 1.81. The van der Waals surface area contributed by atoms with E-state index in [9.17, 15) is 19.1 Å². The molecular weight excluding hydrogens is 441 g/mol.